The second kappa shape index (κ2) is 5.82. The van der Waals surface area contributed by atoms with Crippen LogP contribution in [-0.4, -0.2) is 23.6 Å². The highest BCUT2D eigenvalue weighted by Gasteiger charge is 2.27. The van der Waals surface area contributed by atoms with E-state index >= 15 is 0 Å². The SMILES string of the molecule is CC(C)N(CC1CC1)c1cc(Br)ccc1/C(N)=N/O. The van der Waals surface area contributed by atoms with Crippen LogP contribution in [0.15, 0.2) is 27.8 Å². The molecule has 0 bridgehead atoms. The standard InChI is InChI=1S/C14H20BrN3O/c1-9(2)18(8-10-3-4-10)13-7-11(15)5-6-12(13)14(16)17-19/h5-7,9-10,19H,3-4,8H2,1-2H3,(H2,16,17). The molecule has 0 atom stereocenters. The summed E-state index contributed by atoms with van der Waals surface area (Å²) in [4.78, 5) is 2.33. The number of benzene rings is 1. The van der Waals surface area contributed by atoms with Crippen LogP contribution in [0, 0.1) is 5.92 Å². The first-order valence-electron chi connectivity index (χ1n) is 6.57. The molecule has 1 aliphatic rings. The van der Waals surface area contributed by atoms with Crippen molar-refractivity contribution in [3.05, 3.63) is 28.2 Å². The van der Waals surface area contributed by atoms with E-state index in [1.807, 2.05) is 18.2 Å². The maximum atomic E-state index is 8.93. The molecule has 1 aliphatic carbocycles. The fourth-order valence-electron chi connectivity index (χ4n) is 2.18. The van der Waals surface area contributed by atoms with Crippen molar-refractivity contribution in [3.63, 3.8) is 0 Å². The number of amidine groups is 1. The van der Waals surface area contributed by atoms with Crippen molar-refractivity contribution < 1.29 is 5.21 Å². The van der Waals surface area contributed by atoms with Gasteiger partial charge in [0.05, 0.1) is 0 Å². The monoisotopic (exact) mass is 325 g/mol. The van der Waals surface area contributed by atoms with Gasteiger partial charge in [-0.2, -0.15) is 0 Å². The van der Waals surface area contributed by atoms with E-state index in [1.54, 1.807) is 0 Å². The number of hydrogen-bond acceptors (Lipinski definition) is 3. The summed E-state index contributed by atoms with van der Waals surface area (Å²) in [6.07, 6.45) is 2.60. The van der Waals surface area contributed by atoms with Gasteiger partial charge >= 0.3 is 0 Å². The van der Waals surface area contributed by atoms with E-state index in [0.29, 0.717) is 6.04 Å². The lowest BCUT2D eigenvalue weighted by Crippen LogP contribution is -2.34. The first-order valence-corrected chi connectivity index (χ1v) is 7.36. The molecular weight excluding hydrogens is 306 g/mol. The first-order chi connectivity index (χ1) is 9.02. The third-order valence-corrected chi connectivity index (χ3v) is 3.92. The van der Waals surface area contributed by atoms with Crippen LogP contribution in [0.2, 0.25) is 0 Å². The normalized spacial score (nSPS) is 15.9. The molecule has 0 amide bonds. The summed E-state index contributed by atoms with van der Waals surface area (Å²) in [5.74, 6) is 0.936. The van der Waals surface area contributed by atoms with Gasteiger partial charge in [0.15, 0.2) is 5.84 Å². The van der Waals surface area contributed by atoms with Crippen molar-refractivity contribution in [2.45, 2.75) is 32.7 Å². The minimum atomic E-state index is 0.156. The Kier molecular flexibility index (Phi) is 4.34. The van der Waals surface area contributed by atoms with E-state index in [9.17, 15) is 0 Å². The third kappa shape index (κ3) is 3.41. The van der Waals surface area contributed by atoms with E-state index in [4.69, 9.17) is 10.9 Å². The number of halogens is 1. The molecule has 19 heavy (non-hydrogen) atoms. The van der Waals surface area contributed by atoms with Crippen LogP contribution in [0.3, 0.4) is 0 Å². The zero-order chi connectivity index (χ0) is 14.0. The maximum absolute atomic E-state index is 8.93. The Morgan fingerprint density at radius 1 is 1.53 bits per heavy atom. The van der Waals surface area contributed by atoms with Crippen LogP contribution in [0.5, 0.6) is 0 Å². The van der Waals surface area contributed by atoms with Crippen LogP contribution in [0.25, 0.3) is 0 Å². The molecule has 1 fully saturated rings. The van der Waals surface area contributed by atoms with Gasteiger partial charge in [-0.15, -0.1) is 0 Å². The first kappa shape index (κ1) is 14.2. The van der Waals surface area contributed by atoms with E-state index in [-0.39, 0.29) is 5.84 Å². The average Bonchev–Trinajstić information content (AvgIpc) is 3.18. The van der Waals surface area contributed by atoms with Crippen LogP contribution >= 0.6 is 15.9 Å². The van der Waals surface area contributed by atoms with Gasteiger partial charge in [-0.05, 0) is 50.8 Å². The van der Waals surface area contributed by atoms with Crippen LogP contribution in [0.4, 0.5) is 5.69 Å². The molecule has 1 aromatic rings. The maximum Gasteiger partial charge on any atom is 0.172 e. The number of hydrogen-bond donors (Lipinski definition) is 2. The molecule has 0 saturated heterocycles. The molecule has 104 valence electrons. The number of rotatable bonds is 5. The smallest absolute Gasteiger partial charge is 0.172 e. The van der Waals surface area contributed by atoms with Crippen molar-refractivity contribution in [3.8, 4) is 0 Å². The van der Waals surface area contributed by atoms with Crippen molar-refractivity contribution in [2.24, 2.45) is 16.8 Å². The lowest BCUT2D eigenvalue weighted by atomic mass is 10.1. The fourth-order valence-corrected chi connectivity index (χ4v) is 2.53. The highest BCUT2D eigenvalue weighted by Crippen LogP contribution is 2.34. The zero-order valence-corrected chi connectivity index (χ0v) is 12.9. The van der Waals surface area contributed by atoms with Gasteiger partial charge in [0.1, 0.15) is 0 Å². The van der Waals surface area contributed by atoms with Crippen molar-refractivity contribution in [1.82, 2.24) is 0 Å². The van der Waals surface area contributed by atoms with Crippen molar-refractivity contribution >= 4 is 27.5 Å². The molecule has 1 saturated carbocycles. The number of nitrogens with zero attached hydrogens (tertiary/aromatic N) is 2. The molecule has 0 unspecified atom stereocenters. The zero-order valence-electron chi connectivity index (χ0n) is 11.3. The molecule has 5 heteroatoms. The summed E-state index contributed by atoms with van der Waals surface area (Å²) in [5.41, 5.74) is 7.59. The number of nitrogens with two attached hydrogens (primary N) is 1. The Hall–Kier alpha value is -1.23. The van der Waals surface area contributed by atoms with Gasteiger partial charge in [-0.3, -0.25) is 0 Å². The van der Waals surface area contributed by atoms with Crippen LogP contribution in [-0.2, 0) is 0 Å². The van der Waals surface area contributed by atoms with Gasteiger partial charge in [0.2, 0.25) is 0 Å². The summed E-state index contributed by atoms with van der Waals surface area (Å²) >= 11 is 3.50. The fraction of sp³-hybridized carbons (Fsp3) is 0.500. The Labute approximate surface area is 122 Å². The molecule has 0 aliphatic heterocycles. The largest absolute Gasteiger partial charge is 0.409 e. The quantitative estimate of drug-likeness (QED) is 0.378. The summed E-state index contributed by atoms with van der Waals surface area (Å²) in [5, 5.41) is 12.1. The second-order valence-corrected chi connectivity index (χ2v) is 6.25. The molecule has 0 heterocycles. The van der Waals surface area contributed by atoms with Gasteiger partial charge in [-0.1, -0.05) is 21.1 Å². The van der Waals surface area contributed by atoms with Gasteiger partial charge < -0.3 is 15.8 Å². The Morgan fingerprint density at radius 3 is 2.74 bits per heavy atom. The average molecular weight is 326 g/mol. The third-order valence-electron chi connectivity index (χ3n) is 3.43. The van der Waals surface area contributed by atoms with Crippen LogP contribution < -0.4 is 10.6 Å². The van der Waals surface area contributed by atoms with E-state index in [2.05, 4.69) is 39.8 Å². The summed E-state index contributed by atoms with van der Waals surface area (Å²) in [6.45, 7) is 5.36. The molecule has 0 aromatic heterocycles. The van der Waals surface area contributed by atoms with E-state index in [0.717, 1.165) is 28.2 Å². The minimum Gasteiger partial charge on any atom is -0.409 e. The topological polar surface area (TPSA) is 61.8 Å². The molecule has 3 N–H and O–H groups in total. The Morgan fingerprint density at radius 2 is 2.21 bits per heavy atom. The predicted octanol–water partition coefficient (Wildman–Crippen LogP) is 3.17. The highest BCUT2D eigenvalue weighted by atomic mass is 79.9. The Bertz CT molecular complexity index is 484. The summed E-state index contributed by atoms with van der Waals surface area (Å²) in [6, 6.07) is 6.21. The second-order valence-electron chi connectivity index (χ2n) is 5.34. The van der Waals surface area contributed by atoms with Crippen LogP contribution in [0.1, 0.15) is 32.3 Å². The summed E-state index contributed by atoms with van der Waals surface area (Å²) in [7, 11) is 0. The number of anilines is 1. The predicted molar refractivity (Wildman–Crippen MR) is 81.9 cm³/mol. The lowest BCUT2D eigenvalue weighted by molar-refractivity contribution is 0.318. The van der Waals surface area contributed by atoms with E-state index in [1.165, 1.54) is 12.8 Å². The molecule has 4 nitrogen and oxygen atoms in total. The number of oxime groups is 1. The van der Waals surface area contributed by atoms with E-state index < -0.39 is 0 Å². The molecule has 0 spiro atoms. The van der Waals surface area contributed by atoms with Gasteiger partial charge in [0.25, 0.3) is 0 Å². The highest BCUT2D eigenvalue weighted by molar-refractivity contribution is 9.10. The Balaban J connectivity index is 2.40. The summed E-state index contributed by atoms with van der Waals surface area (Å²) < 4.78 is 0.999. The molecular formula is C14H20BrN3O. The van der Waals surface area contributed by atoms with Gasteiger partial charge in [0, 0.05) is 28.3 Å². The molecule has 0 radical (unpaired) electrons. The van der Waals surface area contributed by atoms with Gasteiger partial charge in [-0.25, -0.2) is 0 Å². The molecule has 1 aromatic carbocycles. The minimum absolute atomic E-state index is 0.156. The van der Waals surface area contributed by atoms with Crippen molar-refractivity contribution in [1.29, 1.82) is 0 Å². The molecule has 2 rings (SSSR count). The van der Waals surface area contributed by atoms with Crippen molar-refractivity contribution in [2.75, 3.05) is 11.4 Å². The lowest BCUT2D eigenvalue weighted by Gasteiger charge is -2.31.